The molecule has 7 nitrogen and oxygen atoms in total. The standard InChI is InChI=1S/C19H25ClN6O.2ClH/c1-13-18(23-24-26(13)16-5-8-21-9-6-16)19(27)22-15-7-10-25(12-15)17-4-2-3-14(20)11-17;;/h2-4,11,15-16,21H,5-10,12H2,1H3,(H,22,27);2*1H. The quantitative estimate of drug-likeness (QED) is 0.732. The predicted octanol–water partition coefficient (Wildman–Crippen LogP) is 3.02. The molecule has 0 bridgehead atoms. The molecule has 1 unspecified atom stereocenters. The van der Waals surface area contributed by atoms with E-state index in [4.69, 9.17) is 11.6 Å². The fraction of sp³-hybridized carbons (Fsp3) is 0.526. The molecule has 1 atom stereocenters. The number of rotatable bonds is 4. The molecule has 2 saturated heterocycles. The van der Waals surface area contributed by atoms with Crippen LogP contribution in [0.5, 0.6) is 0 Å². The van der Waals surface area contributed by atoms with Gasteiger partial charge in [0.25, 0.3) is 5.91 Å². The van der Waals surface area contributed by atoms with Crippen molar-refractivity contribution in [3.63, 3.8) is 0 Å². The first-order valence-corrected chi connectivity index (χ1v) is 9.93. The molecule has 2 aromatic rings. The smallest absolute Gasteiger partial charge is 0.274 e. The van der Waals surface area contributed by atoms with E-state index in [2.05, 4.69) is 25.8 Å². The number of hydrogen-bond acceptors (Lipinski definition) is 5. The highest BCUT2D eigenvalue weighted by atomic mass is 35.5. The minimum atomic E-state index is -0.134. The molecule has 4 rings (SSSR count). The molecule has 29 heavy (non-hydrogen) atoms. The Balaban J connectivity index is 0.00000150. The van der Waals surface area contributed by atoms with Gasteiger partial charge in [0.15, 0.2) is 5.69 Å². The van der Waals surface area contributed by atoms with E-state index in [1.807, 2.05) is 35.9 Å². The number of nitrogens with one attached hydrogen (secondary N) is 2. The molecule has 160 valence electrons. The van der Waals surface area contributed by atoms with E-state index in [-0.39, 0.29) is 36.8 Å². The summed E-state index contributed by atoms with van der Waals surface area (Å²) in [6.07, 6.45) is 2.94. The summed E-state index contributed by atoms with van der Waals surface area (Å²) in [6, 6.07) is 8.25. The SMILES string of the molecule is Cc1c(C(=O)NC2CCN(c3cccc(Cl)c3)C2)nnn1C1CCNCC1.Cl.Cl. The minimum absolute atomic E-state index is 0. The van der Waals surface area contributed by atoms with Crippen LogP contribution in [-0.4, -0.2) is 53.1 Å². The van der Waals surface area contributed by atoms with Crippen molar-refractivity contribution in [3.05, 3.63) is 40.7 Å². The van der Waals surface area contributed by atoms with Gasteiger partial charge in [0.05, 0.1) is 11.7 Å². The molecule has 0 aliphatic carbocycles. The second-order valence-corrected chi connectivity index (χ2v) is 7.77. The molecule has 0 saturated carbocycles. The van der Waals surface area contributed by atoms with Crippen molar-refractivity contribution in [2.24, 2.45) is 0 Å². The summed E-state index contributed by atoms with van der Waals surface area (Å²) in [5.74, 6) is -0.134. The lowest BCUT2D eigenvalue weighted by Gasteiger charge is -2.23. The molecule has 2 fully saturated rings. The number of piperidine rings is 1. The first kappa shape index (κ1) is 23.7. The van der Waals surface area contributed by atoms with Gasteiger partial charge in [-0.05, 0) is 57.5 Å². The van der Waals surface area contributed by atoms with Gasteiger partial charge >= 0.3 is 0 Å². The highest BCUT2D eigenvalue weighted by Crippen LogP contribution is 2.24. The maximum atomic E-state index is 12.7. The third kappa shape index (κ3) is 5.34. The Bertz CT molecular complexity index is 824. The molecule has 1 aromatic carbocycles. The predicted molar refractivity (Wildman–Crippen MR) is 120 cm³/mol. The number of benzene rings is 1. The fourth-order valence-electron chi connectivity index (χ4n) is 3.99. The number of nitrogens with zero attached hydrogens (tertiary/aromatic N) is 4. The Hall–Kier alpha value is -1.54. The number of aromatic nitrogens is 3. The Kier molecular flexibility index (Phi) is 8.58. The van der Waals surface area contributed by atoms with Crippen LogP contribution in [0.3, 0.4) is 0 Å². The molecule has 10 heteroatoms. The molecule has 1 aromatic heterocycles. The average molecular weight is 462 g/mol. The highest BCUT2D eigenvalue weighted by Gasteiger charge is 2.28. The molecule has 2 N–H and O–H groups in total. The lowest BCUT2D eigenvalue weighted by Crippen LogP contribution is -2.37. The molecule has 2 aliphatic heterocycles. The number of carbonyl (C=O) groups excluding carboxylic acids is 1. The molecule has 1 amide bonds. The van der Waals surface area contributed by atoms with Gasteiger partial charge in [-0.1, -0.05) is 22.9 Å². The summed E-state index contributed by atoms with van der Waals surface area (Å²) < 4.78 is 1.92. The van der Waals surface area contributed by atoms with Crippen LogP contribution in [-0.2, 0) is 0 Å². The number of anilines is 1. The largest absolute Gasteiger partial charge is 0.369 e. The van der Waals surface area contributed by atoms with Crippen molar-refractivity contribution in [1.29, 1.82) is 0 Å². The zero-order chi connectivity index (χ0) is 18.8. The number of amides is 1. The van der Waals surface area contributed by atoms with Crippen molar-refractivity contribution >= 4 is 48.0 Å². The Morgan fingerprint density at radius 3 is 2.72 bits per heavy atom. The lowest BCUT2D eigenvalue weighted by molar-refractivity contribution is 0.0934. The first-order chi connectivity index (χ1) is 13.1. The van der Waals surface area contributed by atoms with Crippen LogP contribution in [0.1, 0.15) is 41.5 Å². The normalized spacial score (nSPS) is 19.4. The summed E-state index contributed by atoms with van der Waals surface area (Å²) in [5.41, 5.74) is 2.38. The summed E-state index contributed by atoms with van der Waals surface area (Å²) in [5, 5.41) is 15.6. The Labute approximate surface area is 188 Å². The number of hydrogen-bond donors (Lipinski definition) is 2. The van der Waals surface area contributed by atoms with Crippen LogP contribution in [0.2, 0.25) is 5.02 Å². The van der Waals surface area contributed by atoms with Crippen LogP contribution in [0, 0.1) is 6.92 Å². The summed E-state index contributed by atoms with van der Waals surface area (Å²) in [4.78, 5) is 15.0. The third-order valence-electron chi connectivity index (χ3n) is 5.49. The van der Waals surface area contributed by atoms with E-state index >= 15 is 0 Å². The van der Waals surface area contributed by atoms with Crippen LogP contribution in [0.4, 0.5) is 5.69 Å². The van der Waals surface area contributed by atoms with Gasteiger partial charge in [-0.3, -0.25) is 4.79 Å². The summed E-state index contributed by atoms with van der Waals surface area (Å²) >= 11 is 6.09. The Morgan fingerprint density at radius 2 is 2.00 bits per heavy atom. The van der Waals surface area contributed by atoms with E-state index in [9.17, 15) is 4.79 Å². The zero-order valence-electron chi connectivity index (χ0n) is 16.3. The lowest BCUT2D eigenvalue weighted by atomic mass is 10.1. The number of halogens is 3. The second kappa shape index (κ2) is 10.5. The van der Waals surface area contributed by atoms with E-state index in [1.54, 1.807) is 0 Å². The topological polar surface area (TPSA) is 75.1 Å². The average Bonchev–Trinajstić information content (AvgIpc) is 3.29. The zero-order valence-corrected chi connectivity index (χ0v) is 18.7. The van der Waals surface area contributed by atoms with E-state index in [1.165, 1.54) is 0 Å². The van der Waals surface area contributed by atoms with Crippen molar-refractivity contribution in [1.82, 2.24) is 25.6 Å². The maximum Gasteiger partial charge on any atom is 0.274 e. The van der Waals surface area contributed by atoms with E-state index in [0.717, 1.165) is 61.8 Å². The van der Waals surface area contributed by atoms with Crippen LogP contribution < -0.4 is 15.5 Å². The van der Waals surface area contributed by atoms with Gasteiger partial charge in [0, 0.05) is 29.8 Å². The van der Waals surface area contributed by atoms with Crippen molar-refractivity contribution < 1.29 is 4.79 Å². The first-order valence-electron chi connectivity index (χ1n) is 9.55. The van der Waals surface area contributed by atoms with E-state index < -0.39 is 0 Å². The molecule has 2 aliphatic rings. The van der Waals surface area contributed by atoms with Crippen LogP contribution in [0.15, 0.2) is 24.3 Å². The maximum absolute atomic E-state index is 12.7. The fourth-order valence-corrected chi connectivity index (χ4v) is 4.17. The minimum Gasteiger partial charge on any atom is -0.369 e. The van der Waals surface area contributed by atoms with Gasteiger partial charge in [-0.2, -0.15) is 0 Å². The third-order valence-corrected chi connectivity index (χ3v) is 5.73. The monoisotopic (exact) mass is 460 g/mol. The summed E-state index contributed by atoms with van der Waals surface area (Å²) in [6.45, 7) is 5.56. The van der Waals surface area contributed by atoms with Crippen molar-refractivity contribution in [2.75, 3.05) is 31.1 Å². The summed E-state index contributed by atoms with van der Waals surface area (Å²) in [7, 11) is 0. The molecular weight excluding hydrogens is 435 g/mol. The molecule has 0 spiro atoms. The van der Waals surface area contributed by atoms with Gasteiger partial charge in [0.2, 0.25) is 0 Å². The molecular formula is C19H27Cl3N6O. The van der Waals surface area contributed by atoms with Gasteiger partial charge in [-0.15, -0.1) is 29.9 Å². The number of carbonyl (C=O) groups is 1. The highest BCUT2D eigenvalue weighted by molar-refractivity contribution is 6.30. The van der Waals surface area contributed by atoms with Gasteiger partial charge in [-0.25, -0.2) is 4.68 Å². The second-order valence-electron chi connectivity index (χ2n) is 7.33. The molecule has 3 heterocycles. The van der Waals surface area contributed by atoms with Crippen LogP contribution >= 0.6 is 36.4 Å². The van der Waals surface area contributed by atoms with Gasteiger partial charge in [0.1, 0.15) is 0 Å². The van der Waals surface area contributed by atoms with E-state index in [0.29, 0.717) is 11.7 Å². The molecule has 0 radical (unpaired) electrons. The van der Waals surface area contributed by atoms with Crippen LogP contribution in [0.25, 0.3) is 0 Å². The van der Waals surface area contributed by atoms with Gasteiger partial charge < -0.3 is 15.5 Å². The van der Waals surface area contributed by atoms with Crippen molar-refractivity contribution in [2.45, 2.75) is 38.3 Å². The Morgan fingerprint density at radius 1 is 1.24 bits per heavy atom. The van der Waals surface area contributed by atoms with Crippen molar-refractivity contribution in [3.8, 4) is 0 Å².